The van der Waals surface area contributed by atoms with Crippen LogP contribution in [0.25, 0.3) is 21.8 Å². The number of rotatable bonds is 7. The average Bonchev–Trinajstić information content (AvgIpc) is 3.20. The summed E-state index contributed by atoms with van der Waals surface area (Å²) in [6.45, 7) is 17.1. The molecule has 17 heteroatoms. The van der Waals surface area contributed by atoms with Crippen molar-refractivity contribution in [2.24, 2.45) is 0 Å². The lowest BCUT2D eigenvalue weighted by atomic mass is 10.1. The first-order valence-electron chi connectivity index (χ1n) is 20.0. The van der Waals surface area contributed by atoms with Gasteiger partial charge in [-0.05, 0) is 63.5 Å². The van der Waals surface area contributed by atoms with E-state index in [1.165, 1.54) is 12.1 Å². The third kappa shape index (κ3) is 8.78. The molecule has 60 heavy (non-hydrogen) atoms. The molecule has 3 aliphatic heterocycles. The molecule has 2 amide bonds. The summed E-state index contributed by atoms with van der Waals surface area (Å²) in [5.74, 6) is -1.59. The van der Waals surface area contributed by atoms with Crippen molar-refractivity contribution < 1.29 is 31.9 Å². The Bertz CT molecular complexity index is 2450. The van der Waals surface area contributed by atoms with Crippen molar-refractivity contribution in [2.75, 3.05) is 85.6 Å². The predicted octanol–water partition coefficient (Wildman–Crippen LogP) is 7.49. The molecule has 0 unspecified atom stereocenters. The van der Waals surface area contributed by atoms with E-state index in [1.807, 2.05) is 67.2 Å². The average molecular weight is 895 g/mol. The van der Waals surface area contributed by atoms with E-state index in [-0.39, 0.29) is 58.8 Å². The number of benzene rings is 2. The van der Waals surface area contributed by atoms with Crippen LogP contribution in [0.15, 0.2) is 47.2 Å². The molecule has 6 heterocycles. The van der Waals surface area contributed by atoms with Crippen LogP contribution in [0.3, 0.4) is 0 Å². The highest BCUT2D eigenvalue weighted by Gasteiger charge is 2.30. The molecule has 3 aromatic heterocycles. The fourth-order valence-corrected chi connectivity index (χ4v) is 8.55. The van der Waals surface area contributed by atoms with Gasteiger partial charge in [0, 0.05) is 91.2 Å². The molecule has 3 fully saturated rings. The van der Waals surface area contributed by atoms with Gasteiger partial charge >= 0.3 is 0 Å². The summed E-state index contributed by atoms with van der Waals surface area (Å²) in [7, 11) is 0. The third-order valence-corrected chi connectivity index (χ3v) is 12.1. The van der Waals surface area contributed by atoms with Gasteiger partial charge in [0.2, 0.25) is 11.8 Å². The minimum atomic E-state index is -0.704. The topological polar surface area (TPSA) is 110 Å². The first kappa shape index (κ1) is 42.8. The number of nitrogens with one attached hydrogen (secondary N) is 1. The fourth-order valence-electron chi connectivity index (χ4n) is 7.98. The van der Waals surface area contributed by atoms with Crippen LogP contribution in [0.2, 0.25) is 0 Å². The van der Waals surface area contributed by atoms with Gasteiger partial charge in [0.25, 0.3) is 0 Å². The summed E-state index contributed by atoms with van der Waals surface area (Å²) in [6.07, 6.45) is 3.46. The second-order valence-corrected chi connectivity index (χ2v) is 16.5. The standard InChI is InChI=1S/C26H30F2N6O2.C17H18BrF2N3O/c1-16(2)34-5-4-33(15-23(34)35)26-17(3)25(24-21(28)10-18(27)11-22(24)31-26)30-19-12-20(14-29-13-19)32-6-8-36-9-7-32;1-9(2)23-5-4-22(8-14(23)24)17-10(3)16(18)15-12(20)6-11(19)7-13(15)21-17/h10-14,16H,4-9,15H2,1-3H3,(H,30,31);6-7,9H,4-5,8H2,1-3H3. The maximum Gasteiger partial charge on any atom is 0.242 e. The van der Waals surface area contributed by atoms with Gasteiger partial charge in [-0.1, -0.05) is 0 Å². The second kappa shape index (κ2) is 17.7. The van der Waals surface area contributed by atoms with E-state index >= 15 is 4.39 Å². The fraction of sp³-hybridized carbons (Fsp3) is 0.419. The van der Waals surface area contributed by atoms with Crippen LogP contribution < -0.4 is 20.0 Å². The highest BCUT2D eigenvalue weighted by Crippen LogP contribution is 2.38. The zero-order chi connectivity index (χ0) is 43.0. The molecule has 12 nitrogen and oxygen atoms in total. The minimum absolute atomic E-state index is 0.000101. The minimum Gasteiger partial charge on any atom is -0.378 e. The Morgan fingerprint density at radius 2 is 1.18 bits per heavy atom. The summed E-state index contributed by atoms with van der Waals surface area (Å²) in [6, 6.07) is 6.35. The number of carbonyl (C=O) groups is 2. The zero-order valence-corrected chi connectivity index (χ0v) is 36.0. The highest BCUT2D eigenvalue weighted by atomic mass is 79.9. The number of piperazine rings is 2. The number of halogens is 5. The summed E-state index contributed by atoms with van der Waals surface area (Å²) < 4.78 is 62.9. The lowest BCUT2D eigenvalue weighted by Gasteiger charge is -2.38. The molecule has 0 aliphatic carbocycles. The third-order valence-electron chi connectivity index (χ3n) is 11.1. The largest absolute Gasteiger partial charge is 0.378 e. The Morgan fingerprint density at radius 1 is 0.667 bits per heavy atom. The molecule has 8 rings (SSSR count). The van der Waals surface area contributed by atoms with Crippen molar-refractivity contribution in [1.29, 1.82) is 0 Å². The molecular formula is C43H48BrF4N9O3. The van der Waals surface area contributed by atoms with Crippen LogP contribution >= 0.6 is 15.9 Å². The van der Waals surface area contributed by atoms with Crippen molar-refractivity contribution in [3.05, 3.63) is 81.6 Å². The molecule has 318 valence electrons. The van der Waals surface area contributed by atoms with Crippen LogP contribution in [0.4, 0.5) is 46.3 Å². The van der Waals surface area contributed by atoms with E-state index in [0.29, 0.717) is 72.4 Å². The van der Waals surface area contributed by atoms with E-state index in [9.17, 15) is 22.8 Å². The van der Waals surface area contributed by atoms with Crippen molar-refractivity contribution in [2.45, 2.75) is 53.6 Å². The maximum absolute atomic E-state index is 15.1. The molecule has 0 bridgehead atoms. The molecule has 3 aliphatic rings. The highest BCUT2D eigenvalue weighted by molar-refractivity contribution is 9.10. The van der Waals surface area contributed by atoms with E-state index in [0.717, 1.165) is 36.5 Å². The van der Waals surface area contributed by atoms with Crippen LogP contribution in [-0.4, -0.2) is 114 Å². The second-order valence-electron chi connectivity index (χ2n) is 15.7. The van der Waals surface area contributed by atoms with Gasteiger partial charge in [-0.15, -0.1) is 0 Å². The van der Waals surface area contributed by atoms with Crippen LogP contribution in [0, 0.1) is 37.1 Å². The molecule has 1 N–H and O–H groups in total. The first-order chi connectivity index (χ1) is 28.6. The number of amides is 2. The molecule has 3 saturated heterocycles. The van der Waals surface area contributed by atoms with E-state index in [2.05, 4.69) is 41.1 Å². The Balaban J connectivity index is 0.000000197. The summed E-state index contributed by atoms with van der Waals surface area (Å²) in [4.78, 5) is 48.1. The van der Waals surface area contributed by atoms with Gasteiger partial charge in [-0.3, -0.25) is 14.6 Å². The van der Waals surface area contributed by atoms with Gasteiger partial charge in [0.05, 0.1) is 77.6 Å². The molecule has 0 saturated carbocycles. The number of pyridine rings is 3. The monoisotopic (exact) mass is 893 g/mol. The van der Waals surface area contributed by atoms with Crippen LogP contribution in [-0.2, 0) is 14.3 Å². The Hall–Kier alpha value is -5.29. The number of aromatic nitrogens is 3. The smallest absolute Gasteiger partial charge is 0.242 e. The Morgan fingerprint density at radius 3 is 1.72 bits per heavy atom. The maximum atomic E-state index is 15.1. The number of anilines is 5. The van der Waals surface area contributed by atoms with E-state index < -0.39 is 23.3 Å². The molecule has 5 aromatic rings. The Kier molecular flexibility index (Phi) is 12.7. The predicted molar refractivity (Wildman–Crippen MR) is 229 cm³/mol. The SMILES string of the molecule is Cc1c(N2CCN(C(C)C)C(=O)C2)nc2cc(F)cc(F)c2c1Br.Cc1c(N2CCN(C(C)C)C(=O)C2)nc2cc(F)cc(F)c2c1Nc1cncc(N2CCOCC2)c1. The van der Waals surface area contributed by atoms with E-state index in [4.69, 9.17) is 4.74 Å². The van der Waals surface area contributed by atoms with Gasteiger partial charge in [0.15, 0.2) is 0 Å². The number of nitrogens with zero attached hydrogens (tertiary/aromatic N) is 8. The number of fused-ring (bicyclic) bond motifs is 2. The number of hydrogen-bond donors (Lipinski definition) is 1. The number of morpholine rings is 1. The summed E-state index contributed by atoms with van der Waals surface area (Å²) in [5.41, 5.74) is 3.92. The molecule has 0 spiro atoms. The first-order valence-corrected chi connectivity index (χ1v) is 20.8. The lowest BCUT2D eigenvalue weighted by molar-refractivity contribution is -0.133. The molecular weight excluding hydrogens is 846 g/mol. The van der Waals surface area contributed by atoms with Gasteiger partial charge in [-0.2, -0.15) is 0 Å². The zero-order valence-electron chi connectivity index (χ0n) is 34.5. The van der Waals surface area contributed by atoms with Gasteiger partial charge in [0.1, 0.15) is 34.9 Å². The van der Waals surface area contributed by atoms with E-state index in [1.54, 1.807) is 12.4 Å². The molecule has 0 radical (unpaired) electrons. The summed E-state index contributed by atoms with van der Waals surface area (Å²) in [5, 5.41) is 3.78. The summed E-state index contributed by atoms with van der Waals surface area (Å²) >= 11 is 3.40. The van der Waals surface area contributed by atoms with Crippen LogP contribution in [0.1, 0.15) is 38.8 Å². The molecule has 2 aromatic carbocycles. The van der Waals surface area contributed by atoms with Crippen molar-refractivity contribution in [1.82, 2.24) is 24.8 Å². The van der Waals surface area contributed by atoms with Gasteiger partial charge < -0.3 is 34.6 Å². The number of ether oxygens (including phenoxy) is 1. The quantitative estimate of drug-likeness (QED) is 0.165. The normalized spacial score (nSPS) is 16.4. The Labute approximate surface area is 354 Å². The van der Waals surface area contributed by atoms with Gasteiger partial charge in [-0.25, -0.2) is 27.5 Å². The van der Waals surface area contributed by atoms with Crippen molar-refractivity contribution >= 4 is 78.2 Å². The van der Waals surface area contributed by atoms with Crippen molar-refractivity contribution in [3.63, 3.8) is 0 Å². The molecule has 0 atom stereocenters. The number of hydrogen-bond acceptors (Lipinski definition) is 10. The van der Waals surface area contributed by atoms with Crippen LogP contribution in [0.5, 0.6) is 0 Å². The van der Waals surface area contributed by atoms with Crippen molar-refractivity contribution in [3.8, 4) is 0 Å². The number of carbonyl (C=O) groups excluding carboxylic acids is 2. The lowest BCUT2D eigenvalue weighted by Crippen LogP contribution is -2.53.